The largest absolute Gasteiger partial charge is 0.378 e. The number of ether oxygens (including phenoxy) is 1. The lowest BCUT2D eigenvalue weighted by Crippen LogP contribution is -2.37. The summed E-state index contributed by atoms with van der Waals surface area (Å²) in [6, 6.07) is 11.5. The van der Waals surface area contributed by atoms with Crippen LogP contribution in [0.4, 0.5) is 15.8 Å². The van der Waals surface area contributed by atoms with Gasteiger partial charge in [-0.05, 0) is 36.4 Å². The molecule has 1 saturated heterocycles. The fourth-order valence-corrected chi connectivity index (χ4v) is 4.11. The lowest BCUT2D eigenvalue weighted by Gasteiger charge is -2.31. The first kappa shape index (κ1) is 18.9. The second-order valence-electron chi connectivity index (χ2n) is 6.23. The molecule has 0 aliphatic carbocycles. The second kappa shape index (κ2) is 8.26. The molecule has 1 aliphatic heterocycles. The van der Waals surface area contributed by atoms with Crippen molar-refractivity contribution >= 4 is 40.2 Å². The summed E-state index contributed by atoms with van der Waals surface area (Å²) in [4.78, 5) is 19.2. The number of carbonyl (C=O) groups is 1. The van der Waals surface area contributed by atoms with Crippen LogP contribution in [0.3, 0.4) is 0 Å². The topological polar surface area (TPSA) is 54.5 Å². The number of hydrogen-bond donors (Lipinski definition) is 1. The normalized spacial score (nSPS) is 14.1. The predicted molar refractivity (Wildman–Crippen MR) is 110 cm³/mol. The van der Waals surface area contributed by atoms with Crippen molar-refractivity contribution in [3.63, 3.8) is 0 Å². The van der Waals surface area contributed by atoms with Crippen LogP contribution in [-0.4, -0.2) is 37.2 Å². The van der Waals surface area contributed by atoms with Gasteiger partial charge in [0.15, 0.2) is 0 Å². The molecular weight excluding hydrogens is 401 g/mol. The average Bonchev–Trinajstić information content (AvgIpc) is 3.20. The standard InChI is InChI=1S/C20H17ClFN3O2S/c21-15-2-1-3-16(18(15)25-8-10-27-11-9-25)23-19(26)17-12-28-20(24-17)13-4-6-14(22)7-5-13/h1-7,12H,8-11H2,(H,23,26). The SMILES string of the molecule is O=C(Nc1cccc(Cl)c1N1CCOCC1)c1csc(-c2ccc(F)cc2)n1. The van der Waals surface area contributed by atoms with Crippen molar-refractivity contribution in [1.29, 1.82) is 0 Å². The lowest BCUT2D eigenvalue weighted by molar-refractivity contribution is 0.102. The van der Waals surface area contributed by atoms with Crippen LogP contribution in [0.1, 0.15) is 10.5 Å². The van der Waals surface area contributed by atoms with E-state index in [1.54, 1.807) is 29.6 Å². The highest BCUT2D eigenvalue weighted by Crippen LogP contribution is 2.35. The van der Waals surface area contributed by atoms with Gasteiger partial charge in [0.1, 0.15) is 16.5 Å². The van der Waals surface area contributed by atoms with Crippen LogP contribution >= 0.6 is 22.9 Å². The summed E-state index contributed by atoms with van der Waals surface area (Å²) in [6.07, 6.45) is 0. The van der Waals surface area contributed by atoms with E-state index >= 15 is 0 Å². The van der Waals surface area contributed by atoms with E-state index in [-0.39, 0.29) is 11.7 Å². The molecule has 0 spiro atoms. The maximum atomic E-state index is 13.1. The third-order valence-corrected chi connectivity index (χ3v) is 5.59. The van der Waals surface area contributed by atoms with E-state index in [0.29, 0.717) is 47.7 Å². The molecule has 0 radical (unpaired) electrons. The summed E-state index contributed by atoms with van der Waals surface area (Å²) in [5.74, 6) is -0.628. The van der Waals surface area contributed by atoms with Crippen molar-refractivity contribution in [2.75, 3.05) is 36.5 Å². The molecule has 0 atom stereocenters. The maximum absolute atomic E-state index is 13.1. The van der Waals surface area contributed by atoms with E-state index in [9.17, 15) is 9.18 Å². The Balaban J connectivity index is 1.56. The third-order valence-electron chi connectivity index (χ3n) is 4.39. The third kappa shape index (κ3) is 4.01. The molecule has 2 heterocycles. The summed E-state index contributed by atoms with van der Waals surface area (Å²) < 4.78 is 18.5. The minimum atomic E-state index is -0.318. The maximum Gasteiger partial charge on any atom is 0.275 e. The second-order valence-corrected chi connectivity index (χ2v) is 7.50. The van der Waals surface area contributed by atoms with Crippen LogP contribution in [0.5, 0.6) is 0 Å². The molecule has 144 valence electrons. The van der Waals surface area contributed by atoms with Gasteiger partial charge in [0, 0.05) is 24.0 Å². The molecule has 1 amide bonds. The van der Waals surface area contributed by atoms with Gasteiger partial charge in [0.25, 0.3) is 5.91 Å². The van der Waals surface area contributed by atoms with Crippen LogP contribution in [0.25, 0.3) is 10.6 Å². The zero-order valence-electron chi connectivity index (χ0n) is 14.8. The Morgan fingerprint density at radius 1 is 1.18 bits per heavy atom. The zero-order chi connectivity index (χ0) is 19.5. The molecule has 3 aromatic rings. The van der Waals surface area contributed by atoms with Crippen LogP contribution in [-0.2, 0) is 4.74 Å². The van der Waals surface area contributed by atoms with Crippen molar-refractivity contribution in [3.05, 3.63) is 64.4 Å². The van der Waals surface area contributed by atoms with E-state index in [2.05, 4.69) is 15.2 Å². The number of morpholine rings is 1. The Hall–Kier alpha value is -2.48. The minimum absolute atomic E-state index is 0.303. The van der Waals surface area contributed by atoms with Gasteiger partial charge in [-0.3, -0.25) is 4.79 Å². The Kier molecular flexibility index (Phi) is 5.57. The number of halogens is 2. The highest BCUT2D eigenvalue weighted by molar-refractivity contribution is 7.13. The van der Waals surface area contributed by atoms with Crippen LogP contribution < -0.4 is 10.2 Å². The summed E-state index contributed by atoms with van der Waals surface area (Å²) in [5, 5.41) is 5.84. The van der Waals surface area contributed by atoms with E-state index in [0.717, 1.165) is 11.3 Å². The molecule has 28 heavy (non-hydrogen) atoms. The number of hydrogen-bond acceptors (Lipinski definition) is 5. The van der Waals surface area contributed by atoms with Gasteiger partial charge in [0.05, 0.1) is 29.6 Å². The molecule has 1 fully saturated rings. The summed E-state index contributed by atoms with van der Waals surface area (Å²) in [5.41, 5.74) is 2.49. The van der Waals surface area contributed by atoms with Crippen LogP contribution in [0.15, 0.2) is 47.8 Å². The van der Waals surface area contributed by atoms with Crippen LogP contribution in [0, 0.1) is 5.82 Å². The first-order chi connectivity index (χ1) is 13.6. The number of nitrogens with zero attached hydrogens (tertiary/aromatic N) is 2. The van der Waals surface area contributed by atoms with E-state index in [1.165, 1.54) is 23.5 Å². The van der Waals surface area contributed by atoms with Gasteiger partial charge in [0.2, 0.25) is 0 Å². The number of rotatable bonds is 4. The first-order valence-electron chi connectivity index (χ1n) is 8.76. The Morgan fingerprint density at radius 2 is 1.93 bits per heavy atom. The molecule has 0 saturated carbocycles. The Morgan fingerprint density at radius 3 is 2.68 bits per heavy atom. The lowest BCUT2D eigenvalue weighted by atomic mass is 10.2. The molecule has 8 heteroatoms. The molecule has 1 aliphatic rings. The number of aromatic nitrogens is 1. The van der Waals surface area contributed by atoms with Crippen molar-refractivity contribution < 1.29 is 13.9 Å². The van der Waals surface area contributed by atoms with E-state index in [1.807, 2.05) is 6.07 Å². The Bertz CT molecular complexity index is 987. The monoisotopic (exact) mass is 417 g/mol. The molecule has 2 aromatic carbocycles. The Labute approximate surface area is 170 Å². The molecular formula is C20H17ClFN3O2S. The van der Waals surface area contributed by atoms with Gasteiger partial charge in [-0.15, -0.1) is 11.3 Å². The van der Waals surface area contributed by atoms with Crippen LogP contribution in [0.2, 0.25) is 5.02 Å². The molecule has 1 aromatic heterocycles. The predicted octanol–water partition coefficient (Wildman–Crippen LogP) is 4.69. The smallest absolute Gasteiger partial charge is 0.275 e. The van der Waals surface area contributed by atoms with Gasteiger partial charge in [-0.25, -0.2) is 9.37 Å². The van der Waals surface area contributed by atoms with E-state index < -0.39 is 0 Å². The number of carbonyl (C=O) groups excluding carboxylic acids is 1. The number of para-hydroxylation sites is 1. The molecule has 0 unspecified atom stereocenters. The highest BCUT2D eigenvalue weighted by atomic mass is 35.5. The van der Waals surface area contributed by atoms with Gasteiger partial charge in [-0.1, -0.05) is 17.7 Å². The summed E-state index contributed by atoms with van der Waals surface area (Å²) in [7, 11) is 0. The number of thiazole rings is 1. The van der Waals surface area contributed by atoms with Crippen molar-refractivity contribution in [2.45, 2.75) is 0 Å². The minimum Gasteiger partial charge on any atom is -0.378 e. The van der Waals surface area contributed by atoms with Crippen molar-refractivity contribution in [3.8, 4) is 10.6 Å². The van der Waals surface area contributed by atoms with Gasteiger partial charge in [-0.2, -0.15) is 0 Å². The zero-order valence-corrected chi connectivity index (χ0v) is 16.4. The van der Waals surface area contributed by atoms with E-state index in [4.69, 9.17) is 16.3 Å². The summed E-state index contributed by atoms with van der Waals surface area (Å²) >= 11 is 7.75. The molecule has 4 rings (SSSR count). The fraction of sp³-hybridized carbons (Fsp3) is 0.200. The number of benzene rings is 2. The van der Waals surface area contributed by atoms with Crippen molar-refractivity contribution in [1.82, 2.24) is 4.98 Å². The number of anilines is 2. The van der Waals surface area contributed by atoms with Crippen molar-refractivity contribution in [2.24, 2.45) is 0 Å². The van der Waals surface area contributed by atoms with Gasteiger partial charge >= 0.3 is 0 Å². The summed E-state index contributed by atoms with van der Waals surface area (Å²) in [6.45, 7) is 2.65. The highest BCUT2D eigenvalue weighted by Gasteiger charge is 2.20. The quantitative estimate of drug-likeness (QED) is 0.669. The number of amides is 1. The first-order valence-corrected chi connectivity index (χ1v) is 10.0. The number of nitrogens with one attached hydrogen (secondary N) is 1. The molecule has 5 nitrogen and oxygen atoms in total. The van der Waals surface area contributed by atoms with Gasteiger partial charge < -0.3 is 15.0 Å². The molecule has 1 N–H and O–H groups in total. The molecule has 0 bridgehead atoms. The average molecular weight is 418 g/mol. The fourth-order valence-electron chi connectivity index (χ4n) is 3.01.